The summed E-state index contributed by atoms with van der Waals surface area (Å²) >= 11 is 5.42. The Kier molecular flexibility index (Phi) is 2.90. The third-order valence-corrected chi connectivity index (χ3v) is 5.39. The van der Waals surface area contributed by atoms with Crippen LogP contribution in [0.15, 0.2) is 0 Å². The quantitative estimate of drug-likeness (QED) is 0.842. The zero-order valence-corrected chi connectivity index (χ0v) is 12.2. The molecule has 0 spiro atoms. The zero-order chi connectivity index (χ0) is 12.8. The van der Waals surface area contributed by atoms with Crippen LogP contribution in [0.5, 0.6) is 0 Å². The Morgan fingerprint density at radius 1 is 1.05 bits per heavy atom. The first-order valence-electron chi connectivity index (χ1n) is 7.78. The Labute approximate surface area is 119 Å². The van der Waals surface area contributed by atoms with Gasteiger partial charge < -0.3 is 4.90 Å². The molecule has 3 aliphatic rings. The molecule has 2 saturated carbocycles. The Morgan fingerprint density at radius 3 is 2.68 bits per heavy atom. The first-order valence-corrected chi connectivity index (χ1v) is 8.19. The van der Waals surface area contributed by atoms with E-state index in [1.54, 1.807) is 0 Å². The fourth-order valence-corrected chi connectivity index (χ4v) is 4.31. The van der Waals surface area contributed by atoms with Crippen LogP contribution in [0.4, 0.5) is 5.95 Å². The summed E-state index contributed by atoms with van der Waals surface area (Å²) in [5.74, 6) is 2.02. The molecule has 1 aromatic rings. The van der Waals surface area contributed by atoms with Gasteiger partial charge in [-0.1, -0.05) is 12.8 Å². The van der Waals surface area contributed by atoms with Gasteiger partial charge >= 0.3 is 0 Å². The Hall–Kier alpha value is -0.840. The van der Waals surface area contributed by atoms with Crippen molar-refractivity contribution in [1.29, 1.82) is 0 Å². The van der Waals surface area contributed by atoms with Crippen molar-refractivity contribution in [3.63, 3.8) is 0 Å². The molecule has 0 radical (unpaired) electrons. The van der Waals surface area contributed by atoms with Crippen LogP contribution in [0.1, 0.15) is 57.4 Å². The highest BCUT2D eigenvalue weighted by atomic mass is 32.1. The van der Waals surface area contributed by atoms with Crippen molar-refractivity contribution in [3.05, 3.63) is 4.77 Å². The second-order valence-corrected chi connectivity index (χ2v) is 6.76. The van der Waals surface area contributed by atoms with Crippen molar-refractivity contribution in [3.8, 4) is 0 Å². The number of piperidine rings is 1. The topological polar surface area (TPSA) is 36.9 Å². The summed E-state index contributed by atoms with van der Waals surface area (Å²) in [6.45, 7) is 1.16. The average molecular weight is 278 g/mol. The molecule has 1 saturated heterocycles. The molecule has 2 heterocycles. The second kappa shape index (κ2) is 4.62. The summed E-state index contributed by atoms with van der Waals surface area (Å²) in [6.07, 6.45) is 10.8. The molecule has 0 bridgehead atoms. The average Bonchev–Trinajstić information content (AvgIpc) is 3.21. The monoisotopic (exact) mass is 278 g/mol. The maximum Gasteiger partial charge on any atom is 0.226 e. The second-order valence-electron chi connectivity index (χ2n) is 6.38. The molecule has 0 amide bonds. The molecular weight excluding hydrogens is 256 g/mol. The number of hydrogen-bond donors (Lipinski definition) is 1. The molecule has 5 heteroatoms. The van der Waals surface area contributed by atoms with Crippen molar-refractivity contribution in [2.75, 3.05) is 11.4 Å². The lowest BCUT2D eigenvalue weighted by atomic mass is 9.78. The van der Waals surface area contributed by atoms with Gasteiger partial charge in [0.05, 0.1) is 0 Å². The number of H-pyrrole nitrogens is 1. The van der Waals surface area contributed by atoms with Crippen LogP contribution in [-0.2, 0) is 0 Å². The van der Waals surface area contributed by atoms with Crippen molar-refractivity contribution in [2.45, 2.75) is 63.5 Å². The molecule has 1 aromatic heterocycles. The van der Waals surface area contributed by atoms with Gasteiger partial charge in [0.15, 0.2) is 4.77 Å². The number of nitrogens with one attached hydrogen (secondary N) is 1. The van der Waals surface area contributed by atoms with E-state index in [1.807, 2.05) is 0 Å². The number of fused-ring (bicyclic) bond motifs is 1. The molecule has 0 aromatic carbocycles. The Bertz CT molecular complexity index is 514. The molecule has 4 nitrogen and oxygen atoms in total. The van der Waals surface area contributed by atoms with Crippen LogP contribution in [0, 0.1) is 10.7 Å². The maximum atomic E-state index is 5.42. The largest absolute Gasteiger partial charge is 0.338 e. The van der Waals surface area contributed by atoms with E-state index in [0.29, 0.717) is 12.1 Å². The van der Waals surface area contributed by atoms with Gasteiger partial charge in [-0.2, -0.15) is 0 Å². The number of aromatic nitrogens is 3. The summed E-state index contributed by atoms with van der Waals surface area (Å²) in [7, 11) is 0. The highest BCUT2D eigenvalue weighted by molar-refractivity contribution is 7.71. The molecular formula is C14H22N4S. The number of anilines is 1. The third-order valence-electron chi connectivity index (χ3n) is 5.10. The van der Waals surface area contributed by atoms with Gasteiger partial charge in [-0.25, -0.2) is 5.10 Å². The van der Waals surface area contributed by atoms with Crippen molar-refractivity contribution >= 4 is 18.2 Å². The number of nitrogens with zero attached hydrogens (tertiary/aromatic N) is 3. The molecule has 1 N–H and O–H groups in total. The van der Waals surface area contributed by atoms with Gasteiger partial charge in [0.1, 0.15) is 0 Å². The summed E-state index contributed by atoms with van der Waals surface area (Å²) < 4.78 is 3.10. The van der Waals surface area contributed by atoms with Gasteiger partial charge in [0, 0.05) is 18.6 Å². The minimum Gasteiger partial charge on any atom is -0.338 e. The lowest BCUT2D eigenvalue weighted by molar-refractivity contribution is 0.240. The Morgan fingerprint density at radius 2 is 1.84 bits per heavy atom. The molecule has 104 valence electrons. The predicted octanol–water partition coefficient (Wildman–Crippen LogP) is 3.43. The van der Waals surface area contributed by atoms with Gasteiger partial charge in [-0.05, 0) is 56.7 Å². The van der Waals surface area contributed by atoms with E-state index in [9.17, 15) is 0 Å². The number of rotatable bonds is 2. The molecule has 4 rings (SSSR count). The fraction of sp³-hybridized carbons (Fsp3) is 0.857. The first-order chi connectivity index (χ1) is 9.34. The minimum atomic E-state index is 0.616. The van der Waals surface area contributed by atoms with Crippen molar-refractivity contribution in [1.82, 2.24) is 14.8 Å². The van der Waals surface area contributed by atoms with Crippen LogP contribution < -0.4 is 4.90 Å². The fourth-order valence-electron chi connectivity index (χ4n) is 4.03. The number of aromatic amines is 1. The Balaban J connectivity index is 1.68. The van der Waals surface area contributed by atoms with E-state index in [4.69, 9.17) is 12.2 Å². The third kappa shape index (κ3) is 2.02. The molecule has 1 aliphatic heterocycles. The van der Waals surface area contributed by atoms with E-state index in [0.717, 1.165) is 23.2 Å². The van der Waals surface area contributed by atoms with Gasteiger partial charge in [0.25, 0.3) is 0 Å². The van der Waals surface area contributed by atoms with Crippen molar-refractivity contribution < 1.29 is 0 Å². The summed E-state index contributed by atoms with van der Waals surface area (Å²) in [5, 5.41) is 7.59. The minimum absolute atomic E-state index is 0.616. The van der Waals surface area contributed by atoms with Crippen molar-refractivity contribution in [2.24, 2.45) is 5.92 Å². The highest BCUT2D eigenvalue weighted by Gasteiger charge is 2.37. The standard InChI is InChI=1S/C14H22N4S/c19-14-16-15-13(18(14)11-7-8-11)17-9-3-5-10-4-1-2-6-12(10)17/h10-12H,1-9H2,(H,16,19)/t10-,12-/m1/s1. The van der Waals surface area contributed by atoms with Crippen LogP contribution in [0.2, 0.25) is 0 Å². The van der Waals surface area contributed by atoms with Gasteiger partial charge in [0.2, 0.25) is 5.95 Å². The maximum absolute atomic E-state index is 5.42. The summed E-state index contributed by atoms with van der Waals surface area (Å²) in [5.41, 5.74) is 0. The lowest BCUT2D eigenvalue weighted by Gasteiger charge is -2.44. The highest BCUT2D eigenvalue weighted by Crippen LogP contribution is 2.41. The zero-order valence-electron chi connectivity index (χ0n) is 11.3. The molecule has 2 atom stereocenters. The lowest BCUT2D eigenvalue weighted by Crippen LogP contribution is -2.48. The normalized spacial score (nSPS) is 31.3. The molecule has 0 unspecified atom stereocenters. The summed E-state index contributed by atoms with van der Waals surface area (Å²) in [6, 6.07) is 1.33. The van der Waals surface area contributed by atoms with E-state index in [-0.39, 0.29) is 0 Å². The first kappa shape index (κ1) is 11.9. The van der Waals surface area contributed by atoms with E-state index in [1.165, 1.54) is 51.4 Å². The van der Waals surface area contributed by atoms with Gasteiger partial charge in [-0.15, -0.1) is 5.10 Å². The van der Waals surface area contributed by atoms with E-state index < -0.39 is 0 Å². The predicted molar refractivity (Wildman–Crippen MR) is 78.0 cm³/mol. The van der Waals surface area contributed by atoms with Crippen LogP contribution >= 0.6 is 12.2 Å². The molecule has 2 aliphatic carbocycles. The van der Waals surface area contributed by atoms with Crippen LogP contribution in [0.25, 0.3) is 0 Å². The summed E-state index contributed by atoms with van der Waals surface area (Å²) in [4.78, 5) is 2.57. The van der Waals surface area contributed by atoms with Crippen LogP contribution in [-0.4, -0.2) is 27.4 Å². The molecule has 19 heavy (non-hydrogen) atoms. The SMILES string of the molecule is S=c1[nH]nc(N2CCC[C@H]3CCCC[C@H]32)n1C1CC1. The number of hydrogen-bond acceptors (Lipinski definition) is 3. The smallest absolute Gasteiger partial charge is 0.226 e. The van der Waals surface area contributed by atoms with Gasteiger partial charge in [-0.3, -0.25) is 4.57 Å². The van der Waals surface area contributed by atoms with Crippen LogP contribution in [0.3, 0.4) is 0 Å². The van der Waals surface area contributed by atoms with E-state index >= 15 is 0 Å². The van der Waals surface area contributed by atoms with E-state index in [2.05, 4.69) is 19.7 Å². The molecule has 3 fully saturated rings.